The summed E-state index contributed by atoms with van der Waals surface area (Å²) < 4.78 is 26.1. The van der Waals surface area contributed by atoms with Gasteiger partial charge in [-0.1, -0.05) is 85.2 Å². The lowest BCUT2D eigenvalue weighted by Gasteiger charge is -2.41. The SMILES string of the molecule is CC[C@H](C)[C@@H]([C@@H](CC(=O)N1CCC[C@H]1[C@H](OC)[C@@H](C)C(=O)N[C@H](C)[C@@H](O)c1ccccc1)OC)N(C)C(=O)[C@@H](NC(=O)[C@H](C(C)C)N(C)F)C(C)C. The first-order valence-electron chi connectivity index (χ1n) is 18.8. The van der Waals surface area contributed by atoms with E-state index in [4.69, 9.17) is 9.47 Å². The number of hydrogen-bond acceptors (Lipinski definition) is 8. The molecule has 0 spiro atoms. The molecule has 0 aromatic heterocycles. The third kappa shape index (κ3) is 11.4. The summed E-state index contributed by atoms with van der Waals surface area (Å²) in [6.07, 6.45) is -0.106. The fourth-order valence-corrected chi connectivity index (χ4v) is 7.53. The highest BCUT2D eigenvalue weighted by atomic mass is 19.2. The molecule has 1 heterocycles. The lowest BCUT2D eigenvalue weighted by atomic mass is 9.89. The van der Waals surface area contributed by atoms with Crippen molar-refractivity contribution in [2.75, 3.05) is 34.9 Å². The van der Waals surface area contributed by atoms with Crippen LogP contribution in [0.2, 0.25) is 0 Å². The highest BCUT2D eigenvalue weighted by Crippen LogP contribution is 2.30. The van der Waals surface area contributed by atoms with E-state index in [0.29, 0.717) is 30.1 Å². The number of aliphatic hydroxyl groups excluding tert-OH is 1. The van der Waals surface area contributed by atoms with Crippen LogP contribution in [-0.2, 0) is 28.7 Å². The van der Waals surface area contributed by atoms with Crippen LogP contribution >= 0.6 is 0 Å². The highest BCUT2D eigenvalue weighted by molar-refractivity contribution is 5.90. The smallest absolute Gasteiger partial charge is 0.245 e. The standard InChI is InChI=1S/C39H66FN5O7/c1-13-25(6)34(43(9)39(50)32(23(2)3)42-38(49)33(24(4)5)44(10)40)30(51-11)22-31(46)45-21-17-20-29(45)36(52-12)26(7)37(48)41-27(8)35(47)28-18-15-14-16-19-28/h14-16,18-19,23-27,29-30,32-36,47H,13,17,20-22H2,1-12H3,(H,41,48)(H,42,49)/t25-,26+,27+,29-,30+,32-,33-,34-,35+,36+/m0/s1. The average molecular weight is 736 g/mol. The molecule has 1 aromatic rings. The van der Waals surface area contributed by atoms with E-state index >= 15 is 0 Å². The molecule has 1 aliphatic rings. The molecular formula is C39H66FN5O7. The van der Waals surface area contributed by atoms with E-state index in [1.807, 2.05) is 45.9 Å². The normalized spacial score (nSPS) is 20.1. The molecule has 0 unspecified atom stereocenters. The Hall–Kier alpha value is -3.13. The maximum absolute atomic E-state index is 14.3. The first-order chi connectivity index (χ1) is 24.4. The maximum Gasteiger partial charge on any atom is 0.245 e. The number of benzene rings is 1. The molecule has 4 amide bonds. The molecule has 296 valence electrons. The summed E-state index contributed by atoms with van der Waals surface area (Å²) in [6, 6.07) is 5.71. The first-order valence-corrected chi connectivity index (χ1v) is 18.8. The molecule has 0 aliphatic carbocycles. The summed E-state index contributed by atoms with van der Waals surface area (Å²) >= 11 is 0. The van der Waals surface area contributed by atoms with E-state index in [1.54, 1.807) is 56.7 Å². The average Bonchev–Trinajstić information content (AvgIpc) is 3.59. The Bertz CT molecular complexity index is 1280. The van der Waals surface area contributed by atoms with Crippen LogP contribution in [0, 0.1) is 23.7 Å². The molecular weight excluding hydrogens is 669 g/mol. The van der Waals surface area contributed by atoms with E-state index in [9.17, 15) is 28.8 Å². The summed E-state index contributed by atoms with van der Waals surface area (Å²) in [5.41, 5.74) is 0.698. The lowest BCUT2D eigenvalue weighted by Crippen LogP contribution is -2.59. The zero-order valence-corrected chi connectivity index (χ0v) is 33.5. The van der Waals surface area contributed by atoms with Gasteiger partial charge >= 0.3 is 0 Å². The molecule has 1 fully saturated rings. The Labute approximate surface area is 311 Å². The number of nitrogens with zero attached hydrogens (tertiary/aromatic N) is 3. The number of carbonyl (C=O) groups is 4. The number of likely N-dealkylation sites (tertiary alicyclic amines) is 1. The topological polar surface area (TPSA) is 141 Å². The van der Waals surface area contributed by atoms with Crippen molar-refractivity contribution in [1.29, 1.82) is 0 Å². The molecule has 0 bridgehead atoms. The Morgan fingerprint density at radius 3 is 2.06 bits per heavy atom. The van der Waals surface area contributed by atoms with Crippen molar-refractivity contribution in [3.63, 3.8) is 0 Å². The molecule has 3 N–H and O–H groups in total. The van der Waals surface area contributed by atoms with Gasteiger partial charge in [-0.25, -0.2) is 0 Å². The van der Waals surface area contributed by atoms with Crippen LogP contribution in [0.25, 0.3) is 0 Å². The number of methoxy groups -OCH3 is 2. The summed E-state index contributed by atoms with van der Waals surface area (Å²) in [5, 5.41) is 16.9. The summed E-state index contributed by atoms with van der Waals surface area (Å²) in [5.74, 6) is -2.71. The quantitative estimate of drug-likeness (QED) is 0.170. The van der Waals surface area contributed by atoms with E-state index < -0.39 is 54.3 Å². The largest absolute Gasteiger partial charge is 0.386 e. The van der Waals surface area contributed by atoms with Gasteiger partial charge in [0.05, 0.1) is 48.8 Å². The second kappa shape index (κ2) is 20.9. The minimum atomic E-state index is -1.06. The van der Waals surface area contributed by atoms with Crippen LogP contribution in [0.3, 0.4) is 0 Å². The third-order valence-electron chi connectivity index (χ3n) is 10.8. The number of rotatable bonds is 20. The van der Waals surface area contributed by atoms with Gasteiger partial charge in [-0.15, -0.1) is 9.60 Å². The van der Waals surface area contributed by atoms with Crippen molar-refractivity contribution in [3.8, 4) is 0 Å². The van der Waals surface area contributed by atoms with Crippen molar-refractivity contribution in [2.45, 2.75) is 130 Å². The van der Waals surface area contributed by atoms with Crippen molar-refractivity contribution in [1.82, 2.24) is 25.6 Å². The second-order valence-corrected chi connectivity index (χ2v) is 15.2. The Morgan fingerprint density at radius 1 is 0.942 bits per heavy atom. The molecule has 12 nitrogen and oxygen atoms in total. The van der Waals surface area contributed by atoms with Gasteiger partial charge in [0.1, 0.15) is 12.1 Å². The monoisotopic (exact) mass is 735 g/mol. The fourth-order valence-electron chi connectivity index (χ4n) is 7.53. The first kappa shape index (κ1) is 45.0. The predicted molar refractivity (Wildman–Crippen MR) is 199 cm³/mol. The van der Waals surface area contributed by atoms with Gasteiger partial charge in [0.25, 0.3) is 0 Å². The van der Waals surface area contributed by atoms with Gasteiger partial charge in [0, 0.05) is 34.9 Å². The second-order valence-electron chi connectivity index (χ2n) is 15.2. The lowest BCUT2D eigenvalue weighted by molar-refractivity contribution is -0.149. The van der Waals surface area contributed by atoms with Gasteiger partial charge in [0.15, 0.2) is 0 Å². The minimum Gasteiger partial charge on any atom is -0.386 e. The number of hydrogen-bond donors (Lipinski definition) is 3. The minimum absolute atomic E-state index is 0.0162. The molecule has 2 rings (SSSR count). The van der Waals surface area contributed by atoms with Gasteiger partial charge in [-0.3, -0.25) is 19.2 Å². The summed E-state index contributed by atoms with van der Waals surface area (Å²) in [6.45, 7) is 15.1. The van der Waals surface area contributed by atoms with Gasteiger partial charge in [0.2, 0.25) is 23.6 Å². The number of aliphatic hydroxyl groups is 1. The summed E-state index contributed by atoms with van der Waals surface area (Å²) in [4.78, 5) is 58.2. The molecule has 0 radical (unpaired) electrons. The number of nitrogens with one attached hydrogen (secondary N) is 2. The Kier molecular flexibility index (Phi) is 18.1. The van der Waals surface area contributed by atoms with E-state index in [2.05, 4.69) is 10.6 Å². The Balaban J connectivity index is 2.25. The van der Waals surface area contributed by atoms with Crippen LogP contribution in [0.1, 0.15) is 92.7 Å². The van der Waals surface area contributed by atoms with Crippen molar-refractivity contribution in [3.05, 3.63) is 35.9 Å². The molecule has 52 heavy (non-hydrogen) atoms. The molecule has 0 saturated carbocycles. The zero-order valence-electron chi connectivity index (χ0n) is 33.5. The van der Waals surface area contributed by atoms with E-state index in [1.165, 1.54) is 21.3 Å². The van der Waals surface area contributed by atoms with Crippen LogP contribution in [0.4, 0.5) is 4.48 Å². The van der Waals surface area contributed by atoms with Gasteiger partial charge in [-0.05, 0) is 43.1 Å². The van der Waals surface area contributed by atoms with E-state index in [0.717, 1.165) is 6.42 Å². The molecule has 1 aromatic carbocycles. The maximum atomic E-state index is 14.3. The molecule has 1 saturated heterocycles. The number of amides is 4. The van der Waals surface area contributed by atoms with Gasteiger partial charge < -0.3 is 35.0 Å². The van der Waals surface area contributed by atoms with Crippen LogP contribution < -0.4 is 10.6 Å². The van der Waals surface area contributed by atoms with Crippen molar-refractivity contribution >= 4 is 23.6 Å². The van der Waals surface area contributed by atoms with Crippen LogP contribution in [0.15, 0.2) is 30.3 Å². The third-order valence-corrected chi connectivity index (χ3v) is 10.8. The number of likely N-dealkylation sites (N-methyl/N-ethyl adjacent to an activating group) is 2. The van der Waals surface area contributed by atoms with Crippen LogP contribution in [0.5, 0.6) is 0 Å². The molecule has 10 atom stereocenters. The van der Waals surface area contributed by atoms with Crippen LogP contribution in [-0.4, -0.2) is 121 Å². The predicted octanol–water partition coefficient (Wildman–Crippen LogP) is 4.13. The highest BCUT2D eigenvalue weighted by Gasteiger charge is 2.43. The fraction of sp³-hybridized carbons (Fsp3) is 0.744. The van der Waals surface area contributed by atoms with E-state index in [-0.39, 0.29) is 47.9 Å². The van der Waals surface area contributed by atoms with Gasteiger partial charge in [-0.2, -0.15) is 0 Å². The molecule has 1 aliphatic heterocycles. The number of ether oxygens (including phenoxy) is 2. The number of halogens is 1. The number of carbonyl (C=O) groups excluding carboxylic acids is 4. The van der Waals surface area contributed by atoms with Crippen molar-refractivity contribution in [2.24, 2.45) is 23.7 Å². The molecule has 13 heteroatoms. The summed E-state index contributed by atoms with van der Waals surface area (Å²) in [7, 11) is 5.91. The van der Waals surface area contributed by atoms with Crippen molar-refractivity contribution < 1.29 is 38.2 Å². The Morgan fingerprint density at radius 2 is 1.56 bits per heavy atom. The zero-order chi connectivity index (χ0) is 39.4.